The second-order valence-electron chi connectivity index (χ2n) is 12.3. The highest BCUT2D eigenvalue weighted by atomic mass is 16.3. The SMILES string of the molecule is c1ccc(-c2nc(-c3ccc(-c4c5ccccc5cc5ccccc45)c4ccccc34)nc(-c3cccc4oc5ccccc5c34)n2)cc1. The first-order valence-electron chi connectivity index (χ1n) is 16.5. The average Bonchev–Trinajstić information content (AvgIpc) is 3.56. The van der Waals surface area contributed by atoms with Crippen LogP contribution in [0, 0.1) is 0 Å². The normalized spacial score (nSPS) is 11.7. The maximum atomic E-state index is 6.25. The first kappa shape index (κ1) is 27.5. The molecule has 0 aliphatic heterocycles. The van der Waals surface area contributed by atoms with E-state index in [-0.39, 0.29) is 0 Å². The van der Waals surface area contributed by atoms with Gasteiger partial charge in [0, 0.05) is 27.5 Å². The molecule has 0 spiro atoms. The fourth-order valence-electron chi connectivity index (χ4n) is 7.31. The minimum atomic E-state index is 0.606. The van der Waals surface area contributed by atoms with Crippen molar-refractivity contribution in [2.75, 3.05) is 0 Å². The molecule has 4 heteroatoms. The van der Waals surface area contributed by atoms with Crippen molar-refractivity contribution in [2.24, 2.45) is 0 Å². The van der Waals surface area contributed by atoms with Crippen LogP contribution < -0.4 is 0 Å². The van der Waals surface area contributed by atoms with Gasteiger partial charge in [-0.2, -0.15) is 0 Å². The van der Waals surface area contributed by atoms with E-state index in [1.165, 1.54) is 32.7 Å². The number of benzene rings is 8. The zero-order valence-electron chi connectivity index (χ0n) is 26.3. The van der Waals surface area contributed by atoms with Crippen LogP contribution >= 0.6 is 0 Å². The Bertz CT molecular complexity index is 2840. The van der Waals surface area contributed by atoms with Crippen LogP contribution in [-0.2, 0) is 0 Å². The summed E-state index contributed by atoms with van der Waals surface area (Å²) in [5, 5.41) is 9.17. The molecule has 0 saturated carbocycles. The van der Waals surface area contributed by atoms with Crippen molar-refractivity contribution in [1.82, 2.24) is 15.0 Å². The van der Waals surface area contributed by atoms with Crippen LogP contribution in [0.4, 0.5) is 0 Å². The summed E-state index contributed by atoms with van der Waals surface area (Å²) < 4.78 is 6.25. The molecule has 4 nitrogen and oxygen atoms in total. The maximum absolute atomic E-state index is 6.25. The lowest BCUT2D eigenvalue weighted by molar-refractivity contribution is 0.669. The molecule has 2 aromatic heterocycles. The Hall–Kier alpha value is -6.65. The highest BCUT2D eigenvalue weighted by molar-refractivity contribution is 6.18. The summed E-state index contributed by atoms with van der Waals surface area (Å²) in [5.74, 6) is 1.85. The molecular formula is C45H27N3O. The number of rotatable bonds is 4. The average molecular weight is 626 g/mol. The van der Waals surface area contributed by atoms with E-state index >= 15 is 0 Å². The monoisotopic (exact) mass is 625 g/mol. The summed E-state index contributed by atoms with van der Waals surface area (Å²) in [4.78, 5) is 15.4. The van der Waals surface area contributed by atoms with Gasteiger partial charge < -0.3 is 4.42 Å². The Morgan fingerprint density at radius 3 is 1.61 bits per heavy atom. The van der Waals surface area contributed by atoms with Crippen molar-refractivity contribution in [3.8, 4) is 45.3 Å². The number of nitrogens with zero attached hydrogens (tertiary/aromatic N) is 3. The Kier molecular flexibility index (Phi) is 6.15. The lowest BCUT2D eigenvalue weighted by Crippen LogP contribution is -2.01. The second-order valence-corrected chi connectivity index (χ2v) is 12.3. The number of para-hydroxylation sites is 1. The quantitative estimate of drug-likeness (QED) is 0.183. The molecular weight excluding hydrogens is 599 g/mol. The Balaban J connectivity index is 1.25. The Morgan fingerprint density at radius 2 is 0.878 bits per heavy atom. The van der Waals surface area contributed by atoms with Gasteiger partial charge in [-0.05, 0) is 67.7 Å². The molecule has 0 N–H and O–H groups in total. The molecule has 0 bridgehead atoms. The van der Waals surface area contributed by atoms with Gasteiger partial charge in [0.2, 0.25) is 0 Å². The summed E-state index contributed by atoms with van der Waals surface area (Å²) in [6, 6.07) is 56.9. The fourth-order valence-corrected chi connectivity index (χ4v) is 7.31. The van der Waals surface area contributed by atoms with Crippen LogP contribution in [0.25, 0.3) is 99.5 Å². The van der Waals surface area contributed by atoms with E-state index in [1.807, 2.05) is 60.7 Å². The first-order valence-corrected chi connectivity index (χ1v) is 16.5. The third-order valence-corrected chi connectivity index (χ3v) is 9.52. The van der Waals surface area contributed by atoms with Crippen molar-refractivity contribution < 1.29 is 4.42 Å². The molecule has 228 valence electrons. The predicted molar refractivity (Wildman–Crippen MR) is 201 cm³/mol. The highest BCUT2D eigenvalue weighted by Gasteiger charge is 2.20. The van der Waals surface area contributed by atoms with E-state index in [9.17, 15) is 0 Å². The van der Waals surface area contributed by atoms with Crippen LogP contribution in [0.2, 0.25) is 0 Å². The minimum Gasteiger partial charge on any atom is -0.456 e. The Labute approximate surface area is 282 Å². The molecule has 8 aromatic carbocycles. The van der Waals surface area contributed by atoms with Crippen molar-refractivity contribution in [3.05, 3.63) is 164 Å². The molecule has 0 unspecified atom stereocenters. The molecule has 49 heavy (non-hydrogen) atoms. The predicted octanol–water partition coefficient (Wildman–Crippen LogP) is 11.9. The largest absolute Gasteiger partial charge is 0.456 e. The van der Waals surface area contributed by atoms with Gasteiger partial charge in [-0.25, -0.2) is 15.0 Å². The number of furan rings is 1. The van der Waals surface area contributed by atoms with E-state index in [0.717, 1.165) is 49.4 Å². The van der Waals surface area contributed by atoms with Crippen LogP contribution in [0.15, 0.2) is 168 Å². The summed E-state index contributed by atoms with van der Waals surface area (Å²) in [5.41, 5.74) is 6.85. The second kappa shape index (κ2) is 11.0. The first-order chi connectivity index (χ1) is 24.3. The third-order valence-electron chi connectivity index (χ3n) is 9.52. The summed E-state index contributed by atoms with van der Waals surface area (Å²) in [7, 11) is 0. The minimum absolute atomic E-state index is 0.606. The van der Waals surface area contributed by atoms with Crippen molar-refractivity contribution in [3.63, 3.8) is 0 Å². The lowest BCUT2D eigenvalue weighted by atomic mass is 9.88. The third kappa shape index (κ3) is 4.42. The zero-order chi connectivity index (χ0) is 32.3. The van der Waals surface area contributed by atoms with E-state index in [1.54, 1.807) is 0 Å². The van der Waals surface area contributed by atoms with Crippen LogP contribution in [0.5, 0.6) is 0 Å². The number of hydrogen-bond donors (Lipinski definition) is 0. The van der Waals surface area contributed by atoms with Gasteiger partial charge in [-0.15, -0.1) is 0 Å². The van der Waals surface area contributed by atoms with E-state index < -0.39 is 0 Å². The van der Waals surface area contributed by atoms with Crippen molar-refractivity contribution >= 4 is 54.3 Å². The van der Waals surface area contributed by atoms with Gasteiger partial charge in [-0.3, -0.25) is 0 Å². The van der Waals surface area contributed by atoms with E-state index in [2.05, 4.69) is 103 Å². The Morgan fingerprint density at radius 1 is 0.347 bits per heavy atom. The van der Waals surface area contributed by atoms with Crippen LogP contribution in [-0.4, -0.2) is 15.0 Å². The molecule has 0 amide bonds. The smallest absolute Gasteiger partial charge is 0.164 e. The van der Waals surface area contributed by atoms with Gasteiger partial charge in [0.15, 0.2) is 17.5 Å². The summed E-state index contributed by atoms with van der Waals surface area (Å²) in [6.45, 7) is 0. The molecule has 0 saturated heterocycles. The molecule has 0 atom stereocenters. The molecule has 10 aromatic rings. The number of fused-ring (bicyclic) bond motifs is 6. The van der Waals surface area contributed by atoms with E-state index in [4.69, 9.17) is 19.4 Å². The standard InChI is InChI=1S/C45H27N3O/c1-2-13-28(14-3-1)43-46-44(48-45(47-43)38-22-12-24-40-42(38)37-21-10-11-23-39(37)49-40)36-26-25-35(33-19-8-9-20-34(33)36)41-31-17-6-4-15-29(31)27-30-16-5-7-18-32(30)41/h1-27H. The zero-order valence-corrected chi connectivity index (χ0v) is 26.3. The van der Waals surface area contributed by atoms with Gasteiger partial charge in [-0.1, -0.05) is 140 Å². The molecule has 2 heterocycles. The van der Waals surface area contributed by atoms with Crippen LogP contribution in [0.3, 0.4) is 0 Å². The number of hydrogen-bond acceptors (Lipinski definition) is 4. The molecule has 0 aliphatic rings. The van der Waals surface area contributed by atoms with E-state index in [0.29, 0.717) is 17.5 Å². The lowest BCUT2D eigenvalue weighted by Gasteiger charge is -2.16. The molecule has 0 fully saturated rings. The van der Waals surface area contributed by atoms with Crippen molar-refractivity contribution in [1.29, 1.82) is 0 Å². The maximum Gasteiger partial charge on any atom is 0.164 e. The van der Waals surface area contributed by atoms with Gasteiger partial charge in [0.1, 0.15) is 11.2 Å². The van der Waals surface area contributed by atoms with Gasteiger partial charge in [0.25, 0.3) is 0 Å². The van der Waals surface area contributed by atoms with Crippen LogP contribution in [0.1, 0.15) is 0 Å². The van der Waals surface area contributed by atoms with Crippen molar-refractivity contribution in [2.45, 2.75) is 0 Å². The molecule has 0 aliphatic carbocycles. The van der Waals surface area contributed by atoms with Gasteiger partial charge >= 0.3 is 0 Å². The molecule has 0 radical (unpaired) electrons. The number of aromatic nitrogens is 3. The summed E-state index contributed by atoms with van der Waals surface area (Å²) >= 11 is 0. The summed E-state index contributed by atoms with van der Waals surface area (Å²) in [6.07, 6.45) is 0. The highest BCUT2D eigenvalue weighted by Crippen LogP contribution is 2.42. The topological polar surface area (TPSA) is 51.8 Å². The fraction of sp³-hybridized carbons (Fsp3) is 0. The molecule has 10 rings (SSSR count). The van der Waals surface area contributed by atoms with Gasteiger partial charge in [0.05, 0.1) is 0 Å².